The second-order valence-corrected chi connectivity index (χ2v) is 6.33. The minimum absolute atomic E-state index is 0.172. The molecule has 0 saturated heterocycles. The van der Waals surface area contributed by atoms with Gasteiger partial charge in [0, 0.05) is 7.05 Å². The molecule has 1 heterocycles. The summed E-state index contributed by atoms with van der Waals surface area (Å²) in [6.45, 7) is 0. The molecule has 0 unspecified atom stereocenters. The molecular formula is C13H12FN3O6S. The van der Waals surface area contributed by atoms with E-state index in [2.05, 4.69) is 4.99 Å². The minimum Gasteiger partial charge on any atom is -0.497 e. The van der Waals surface area contributed by atoms with Gasteiger partial charge in [0.15, 0.2) is 11.3 Å². The smallest absolute Gasteiger partial charge is 0.433 e. The van der Waals surface area contributed by atoms with Crippen molar-refractivity contribution in [1.82, 2.24) is 8.54 Å². The molecule has 0 saturated carbocycles. The highest BCUT2D eigenvalue weighted by Crippen LogP contribution is 2.17. The monoisotopic (exact) mass is 357 g/mol. The molecule has 1 amide bonds. The van der Waals surface area contributed by atoms with Crippen molar-refractivity contribution in [3.63, 3.8) is 0 Å². The zero-order valence-electron chi connectivity index (χ0n) is 12.5. The van der Waals surface area contributed by atoms with Gasteiger partial charge in [0.25, 0.3) is 10.0 Å². The number of hydrogen-bond acceptors (Lipinski definition) is 5. The van der Waals surface area contributed by atoms with Crippen LogP contribution in [0.15, 0.2) is 45.1 Å². The number of methoxy groups -OCH3 is 1. The number of carboxylic acid groups (broad SMARTS) is 1. The SMILES string of the molecule is COc1ccc(S(=O)(=O)n2cc(F)c(=NC(=O)O)n(C)c2=O)cc1. The Morgan fingerprint density at radius 1 is 1.29 bits per heavy atom. The molecule has 1 N–H and O–H groups in total. The molecule has 24 heavy (non-hydrogen) atoms. The van der Waals surface area contributed by atoms with Crippen LogP contribution in [0.3, 0.4) is 0 Å². The van der Waals surface area contributed by atoms with E-state index in [4.69, 9.17) is 9.84 Å². The molecule has 1 aromatic heterocycles. The Kier molecular flexibility index (Phi) is 4.55. The number of aromatic nitrogens is 2. The normalized spacial score (nSPS) is 12.2. The van der Waals surface area contributed by atoms with Crippen LogP contribution in [0.25, 0.3) is 0 Å². The number of rotatable bonds is 3. The van der Waals surface area contributed by atoms with E-state index in [1.807, 2.05) is 0 Å². The van der Waals surface area contributed by atoms with Gasteiger partial charge in [-0.3, -0.25) is 4.57 Å². The van der Waals surface area contributed by atoms with Crippen molar-refractivity contribution in [2.75, 3.05) is 7.11 Å². The molecule has 0 bridgehead atoms. The predicted octanol–water partition coefficient (Wildman–Crippen LogP) is 0.150. The average Bonchev–Trinajstić information content (AvgIpc) is 2.54. The minimum atomic E-state index is -4.39. The lowest BCUT2D eigenvalue weighted by atomic mass is 10.3. The summed E-state index contributed by atoms with van der Waals surface area (Å²) in [5.74, 6) is -0.884. The van der Waals surface area contributed by atoms with E-state index in [1.165, 1.54) is 31.4 Å². The summed E-state index contributed by atoms with van der Waals surface area (Å²) in [5.41, 5.74) is -1.97. The molecule has 0 aliphatic rings. The molecule has 11 heteroatoms. The van der Waals surface area contributed by atoms with E-state index in [1.54, 1.807) is 0 Å². The molecule has 0 aliphatic carbocycles. The van der Waals surface area contributed by atoms with Crippen molar-refractivity contribution in [2.24, 2.45) is 12.0 Å². The van der Waals surface area contributed by atoms with Gasteiger partial charge in [-0.15, -0.1) is 0 Å². The maximum absolute atomic E-state index is 14.0. The number of nitrogens with zero attached hydrogens (tertiary/aromatic N) is 3. The highest BCUT2D eigenvalue weighted by atomic mass is 32.2. The molecule has 2 rings (SSSR count). The summed E-state index contributed by atoms with van der Waals surface area (Å²) < 4.78 is 44.5. The highest BCUT2D eigenvalue weighted by Gasteiger charge is 2.21. The van der Waals surface area contributed by atoms with Gasteiger partial charge >= 0.3 is 11.8 Å². The van der Waals surface area contributed by atoms with Gasteiger partial charge in [-0.05, 0) is 24.3 Å². The van der Waals surface area contributed by atoms with E-state index in [0.29, 0.717) is 16.5 Å². The lowest BCUT2D eigenvalue weighted by molar-refractivity contribution is 0.204. The van der Waals surface area contributed by atoms with Gasteiger partial charge < -0.3 is 9.84 Å². The highest BCUT2D eigenvalue weighted by molar-refractivity contribution is 7.90. The van der Waals surface area contributed by atoms with Crippen molar-refractivity contribution in [3.05, 3.63) is 52.3 Å². The average molecular weight is 357 g/mol. The molecule has 9 nitrogen and oxygen atoms in total. The van der Waals surface area contributed by atoms with Crippen LogP contribution < -0.4 is 15.9 Å². The lowest BCUT2D eigenvalue weighted by Crippen LogP contribution is -2.42. The number of benzene rings is 1. The van der Waals surface area contributed by atoms with Gasteiger partial charge in [0.05, 0.1) is 18.2 Å². The fraction of sp³-hybridized carbons (Fsp3) is 0.154. The van der Waals surface area contributed by atoms with Crippen LogP contribution in [-0.2, 0) is 17.1 Å². The Labute approximate surface area is 134 Å². The molecule has 128 valence electrons. The third kappa shape index (κ3) is 3.06. The van der Waals surface area contributed by atoms with Gasteiger partial charge in [0.1, 0.15) is 5.75 Å². The summed E-state index contributed by atoms with van der Waals surface area (Å²) in [7, 11) is -1.98. The topological polar surface area (TPSA) is 120 Å². The molecule has 0 aliphatic heterocycles. The van der Waals surface area contributed by atoms with Gasteiger partial charge in [-0.25, -0.2) is 22.4 Å². The van der Waals surface area contributed by atoms with Crippen LogP contribution in [0.2, 0.25) is 0 Å². The first-order valence-corrected chi connectivity index (χ1v) is 7.78. The Morgan fingerprint density at radius 2 is 1.88 bits per heavy atom. The van der Waals surface area contributed by atoms with E-state index in [0.717, 1.165) is 7.05 Å². The Bertz CT molecular complexity index is 1020. The number of halogens is 1. The number of ether oxygens (including phenoxy) is 1. The molecule has 0 fully saturated rings. The van der Waals surface area contributed by atoms with Crippen molar-refractivity contribution >= 4 is 16.1 Å². The quantitative estimate of drug-likeness (QED) is 0.835. The van der Waals surface area contributed by atoms with Gasteiger partial charge in [0.2, 0.25) is 0 Å². The zero-order chi connectivity index (χ0) is 18.1. The van der Waals surface area contributed by atoms with Gasteiger partial charge in [-0.2, -0.15) is 8.96 Å². The standard InChI is InChI=1S/C13H12FN3O6S/c1-16-11(15-12(18)19)10(14)7-17(13(16)20)24(21,22)9-5-3-8(23-2)4-6-9/h3-7H,1-2H3,(H,18,19). The van der Waals surface area contributed by atoms with Crippen LogP contribution in [0, 0.1) is 5.82 Å². The van der Waals surface area contributed by atoms with Gasteiger partial charge in [-0.1, -0.05) is 0 Å². The Balaban J connectivity index is 2.72. The Hall–Kier alpha value is -2.95. The lowest BCUT2D eigenvalue weighted by Gasteiger charge is -2.10. The molecule has 0 atom stereocenters. The van der Waals surface area contributed by atoms with Crippen molar-refractivity contribution < 1.29 is 27.4 Å². The van der Waals surface area contributed by atoms with Crippen molar-refractivity contribution in [3.8, 4) is 5.75 Å². The van der Waals surface area contributed by atoms with E-state index in [9.17, 15) is 22.4 Å². The maximum atomic E-state index is 14.0. The summed E-state index contributed by atoms with van der Waals surface area (Å²) in [6, 6.07) is 5.10. The third-order valence-electron chi connectivity index (χ3n) is 3.06. The van der Waals surface area contributed by atoms with E-state index >= 15 is 0 Å². The fourth-order valence-corrected chi connectivity index (χ4v) is 3.13. The van der Waals surface area contributed by atoms with Crippen LogP contribution in [0.4, 0.5) is 9.18 Å². The van der Waals surface area contributed by atoms with Crippen LogP contribution >= 0.6 is 0 Å². The summed E-state index contributed by atoms with van der Waals surface area (Å²) >= 11 is 0. The van der Waals surface area contributed by atoms with E-state index < -0.39 is 33.1 Å². The number of carbonyl (C=O) groups is 1. The predicted molar refractivity (Wildman–Crippen MR) is 78.8 cm³/mol. The molecule has 1 aromatic carbocycles. The maximum Gasteiger partial charge on any atom is 0.433 e. The summed E-state index contributed by atoms with van der Waals surface area (Å²) in [4.78, 5) is 25.4. The zero-order valence-corrected chi connectivity index (χ0v) is 13.3. The third-order valence-corrected chi connectivity index (χ3v) is 4.70. The fourth-order valence-electron chi connectivity index (χ4n) is 1.87. The van der Waals surface area contributed by atoms with Crippen LogP contribution in [0.1, 0.15) is 0 Å². The van der Waals surface area contributed by atoms with Crippen LogP contribution in [0.5, 0.6) is 5.75 Å². The molecule has 0 spiro atoms. The van der Waals surface area contributed by atoms with Crippen molar-refractivity contribution in [2.45, 2.75) is 4.90 Å². The number of hydrogen-bond donors (Lipinski definition) is 1. The first-order chi connectivity index (χ1) is 11.2. The molecule has 2 aromatic rings. The number of amides is 1. The second-order valence-electron chi connectivity index (χ2n) is 4.51. The summed E-state index contributed by atoms with van der Waals surface area (Å²) in [5, 5.41) is 8.58. The second kappa shape index (κ2) is 6.28. The molecular weight excluding hydrogens is 345 g/mol. The first kappa shape index (κ1) is 17.4. The first-order valence-electron chi connectivity index (χ1n) is 6.34. The van der Waals surface area contributed by atoms with Crippen LogP contribution in [-0.4, -0.2) is 35.3 Å². The van der Waals surface area contributed by atoms with Crippen molar-refractivity contribution in [1.29, 1.82) is 0 Å². The van der Waals surface area contributed by atoms with E-state index in [-0.39, 0.29) is 8.87 Å². The Morgan fingerprint density at radius 3 is 2.38 bits per heavy atom. The molecule has 0 radical (unpaired) electrons. The largest absolute Gasteiger partial charge is 0.497 e. The summed E-state index contributed by atoms with van der Waals surface area (Å²) in [6.07, 6.45) is -1.34.